The fraction of sp³-hybridized carbons (Fsp3) is 0.567. The second-order valence-corrected chi connectivity index (χ2v) is 9.83. The molecule has 0 fully saturated rings. The molecule has 0 heterocycles. The Labute approximate surface area is 202 Å². The van der Waals surface area contributed by atoms with Crippen LogP contribution in [0.1, 0.15) is 102 Å². The highest BCUT2D eigenvalue weighted by molar-refractivity contribution is 5.89. The Morgan fingerprint density at radius 2 is 1.09 bits per heavy atom. The summed E-state index contributed by atoms with van der Waals surface area (Å²) in [5, 5.41) is 2.45. The molecule has 2 aromatic carbocycles. The first-order valence-corrected chi connectivity index (χ1v) is 13.1. The van der Waals surface area contributed by atoms with Gasteiger partial charge in [-0.3, -0.25) is 0 Å². The van der Waals surface area contributed by atoms with E-state index in [0.29, 0.717) is 12.2 Å². The monoisotopic (exact) mass is 452 g/mol. The van der Waals surface area contributed by atoms with Gasteiger partial charge in [-0.2, -0.15) is 0 Å². The largest absolute Gasteiger partial charge is 0.462 e. The van der Waals surface area contributed by atoms with Gasteiger partial charge < -0.3 is 10.1 Å². The molecule has 0 unspecified atom stereocenters. The van der Waals surface area contributed by atoms with Crippen LogP contribution in [0.4, 0.5) is 0 Å². The van der Waals surface area contributed by atoms with Gasteiger partial charge in [0, 0.05) is 5.56 Å². The summed E-state index contributed by atoms with van der Waals surface area (Å²) < 4.78 is 5.43. The summed E-state index contributed by atoms with van der Waals surface area (Å²) in [5.41, 5.74) is 7.07. The zero-order chi connectivity index (χ0) is 23.9. The summed E-state index contributed by atoms with van der Waals surface area (Å²) in [7, 11) is 0. The first kappa shape index (κ1) is 27.1. The van der Waals surface area contributed by atoms with Gasteiger partial charge in [-0.25, -0.2) is 4.79 Å². The molecule has 0 saturated heterocycles. The predicted octanol–water partition coefficient (Wildman–Crippen LogP) is 6.74. The number of benzene rings is 2. The maximum atomic E-state index is 12.1. The summed E-state index contributed by atoms with van der Waals surface area (Å²) >= 11 is 0. The van der Waals surface area contributed by atoms with E-state index in [4.69, 9.17) is 4.74 Å². The standard InChI is InChI=1S/C30H45NO2/c1-24-17-25(2)20-28(19-24)23-31-15-13-11-9-7-5-6-8-10-12-14-16-33-30(32)29-21-26(3)18-27(4)22-29/h17-22,31H,5-16,23H2,1-4H3/p+1. The fourth-order valence-corrected chi connectivity index (χ4v) is 4.60. The molecule has 33 heavy (non-hydrogen) atoms. The van der Waals surface area contributed by atoms with Crippen molar-refractivity contribution >= 4 is 5.97 Å². The van der Waals surface area contributed by atoms with Crippen molar-refractivity contribution < 1.29 is 14.8 Å². The third-order valence-electron chi connectivity index (χ3n) is 6.15. The molecule has 2 N–H and O–H groups in total. The molecule has 182 valence electrons. The molecule has 0 bridgehead atoms. The minimum atomic E-state index is -0.190. The van der Waals surface area contributed by atoms with Crippen molar-refractivity contribution in [2.45, 2.75) is 98.4 Å². The van der Waals surface area contributed by atoms with Crippen LogP contribution in [0.3, 0.4) is 0 Å². The number of hydrogen-bond acceptors (Lipinski definition) is 2. The lowest BCUT2D eigenvalue weighted by molar-refractivity contribution is -0.671. The van der Waals surface area contributed by atoms with Crippen molar-refractivity contribution in [3.8, 4) is 0 Å². The minimum Gasteiger partial charge on any atom is -0.462 e. The Morgan fingerprint density at radius 3 is 1.64 bits per heavy atom. The normalized spacial score (nSPS) is 11.0. The van der Waals surface area contributed by atoms with Gasteiger partial charge in [-0.1, -0.05) is 91.5 Å². The average Bonchev–Trinajstić information content (AvgIpc) is 2.75. The summed E-state index contributed by atoms with van der Waals surface area (Å²) in [6.45, 7) is 11.3. The first-order valence-electron chi connectivity index (χ1n) is 13.1. The molecule has 0 atom stereocenters. The Hall–Kier alpha value is -2.13. The van der Waals surface area contributed by atoms with Gasteiger partial charge in [-0.15, -0.1) is 0 Å². The number of nitrogens with two attached hydrogens (primary N) is 1. The van der Waals surface area contributed by atoms with Crippen LogP contribution < -0.4 is 5.32 Å². The molecule has 2 rings (SSSR count). The highest BCUT2D eigenvalue weighted by Gasteiger charge is 2.07. The number of hydrogen-bond donors (Lipinski definition) is 1. The number of unbranched alkanes of at least 4 members (excludes halogenated alkanes) is 9. The number of carbonyl (C=O) groups is 1. The summed E-state index contributed by atoms with van der Waals surface area (Å²) in [4.78, 5) is 12.1. The highest BCUT2D eigenvalue weighted by atomic mass is 16.5. The van der Waals surface area contributed by atoms with E-state index in [-0.39, 0.29) is 5.97 Å². The topological polar surface area (TPSA) is 42.9 Å². The second-order valence-electron chi connectivity index (χ2n) is 9.83. The van der Waals surface area contributed by atoms with Gasteiger partial charge in [0.15, 0.2) is 0 Å². The molecule has 0 aromatic heterocycles. The molecule has 0 spiro atoms. The maximum absolute atomic E-state index is 12.1. The Balaban J connectivity index is 1.35. The van der Waals surface area contributed by atoms with E-state index in [1.165, 1.54) is 74.6 Å². The molecule has 0 radical (unpaired) electrons. The minimum absolute atomic E-state index is 0.190. The van der Waals surface area contributed by atoms with Crippen LogP contribution in [0, 0.1) is 27.7 Å². The molecule has 0 saturated carbocycles. The highest BCUT2D eigenvalue weighted by Crippen LogP contribution is 2.13. The summed E-state index contributed by atoms with van der Waals surface area (Å²) in [6.07, 6.45) is 12.8. The lowest BCUT2D eigenvalue weighted by atomic mass is 10.1. The second kappa shape index (κ2) is 15.7. The molecule has 2 aromatic rings. The number of rotatable bonds is 16. The lowest BCUT2D eigenvalue weighted by Crippen LogP contribution is -2.82. The third kappa shape index (κ3) is 12.1. The van der Waals surface area contributed by atoms with E-state index in [0.717, 1.165) is 30.5 Å². The van der Waals surface area contributed by atoms with E-state index >= 15 is 0 Å². The maximum Gasteiger partial charge on any atom is 0.338 e. The summed E-state index contributed by atoms with van der Waals surface area (Å²) in [5.74, 6) is -0.190. The molecule has 0 amide bonds. The Morgan fingerprint density at radius 1 is 0.636 bits per heavy atom. The number of ether oxygens (including phenoxy) is 1. The Kier molecular flexibility index (Phi) is 12.9. The van der Waals surface area contributed by atoms with Crippen LogP contribution in [-0.2, 0) is 11.3 Å². The van der Waals surface area contributed by atoms with Crippen molar-refractivity contribution in [3.05, 3.63) is 69.8 Å². The van der Waals surface area contributed by atoms with Crippen LogP contribution in [0.25, 0.3) is 0 Å². The number of esters is 1. The number of carbonyl (C=O) groups excluding carboxylic acids is 1. The molecular formula is C30H46NO2+. The van der Waals surface area contributed by atoms with Gasteiger partial charge in [0.25, 0.3) is 0 Å². The Bertz CT molecular complexity index is 803. The number of quaternary nitrogens is 1. The van der Waals surface area contributed by atoms with Crippen molar-refractivity contribution in [1.82, 2.24) is 0 Å². The molecule has 0 aliphatic rings. The van der Waals surface area contributed by atoms with Gasteiger partial charge in [0.05, 0.1) is 18.7 Å². The number of aryl methyl sites for hydroxylation is 4. The van der Waals surface area contributed by atoms with E-state index < -0.39 is 0 Å². The van der Waals surface area contributed by atoms with E-state index in [1.54, 1.807) is 0 Å². The zero-order valence-electron chi connectivity index (χ0n) is 21.6. The quantitative estimate of drug-likeness (QED) is 0.226. The van der Waals surface area contributed by atoms with Crippen molar-refractivity contribution in [2.75, 3.05) is 13.2 Å². The lowest BCUT2D eigenvalue weighted by Gasteiger charge is -2.07. The van der Waals surface area contributed by atoms with Gasteiger partial charge in [-0.05, 0) is 59.1 Å². The van der Waals surface area contributed by atoms with Crippen LogP contribution in [0.5, 0.6) is 0 Å². The SMILES string of the molecule is Cc1cc(C)cc(C[NH2+]CCCCCCCCCCCCOC(=O)c2cc(C)cc(C)c2)c1. The van der Waals surface area contributed by atoms with Crippen molar-refractivity contribution in [3.63, 3.8) is 0 Å². The van der Waals surface area contributed by atoms with Crippen LogP contribution in [0.2, 0.25) is 0 Å². The van der Waals surface area contributed by atoms with Crippen molar-refractivity contribution in [1.29, 1.82) is 0 Å². The van der Waals surface area contributed by atoms with Crippen LogP contribution >= 0.6 is 0 Å². The van der Waals surface area contributed by atoms with Crippen LogP contribution in [0.15, 0.2) is 36.4 Å². The summed E-state index contributed by atoms with van der Waals surface area (Å²) in [6, 6.07) is 12.7. The fourth-order valence-electron chi connectivity index (χ4n) is 4.60. The zero-order valence-corrected chi connectivity index (χ0v) is 21.6. The smallest absolute Gasteiger partial charge is 0.338 e. The van der Waals surface area contributed by atoms with E-state index in [9.17, 15) is 4.79 Å². The first-order chi connectivity index (χ1) is 15.9. The van der Waals surface area contributed by atoms with Crippen LogP contribution in [-0.4, -0.2) is 19.1 Å². The predicted molar refractivity (Wildman–Crippen MR) is 139 cm³/mol. The van der Waals surface area contributed by atoms with Gasteiger partial charge in [0.2, 0.25) is 0 Å². The van der Waals surface area contributed by atoms with Gasteiger partial charge in [0.1, 0.15) is 6.54 Å². The molecule has 0 aliphatic carbocycles. The molecule has 3 heteroatoms. The third-order valence-corrected chi connectivity index (χ3v) is 6.15. The van der Waals surface area contributed by atoms with Gasteiger partial charge >= 0.3 is 5.97 Å². The molecular weight excluding hydrogens is 406 g/mol. The molecule has 3 nitrogen and oxygen atoms in total. The van der Waals surface area contributed by atoms with E-state index in [2.05, 4.69) is 43.4 Å². The average molecular weight is 453 g/mol. The van der Waals surface area contributed by atoms with Crippen molar-refractivity contribution in [2.24, 2.45) is 0 Å². The molecule has 0 aliphatic heterocycles. The van der Waals surface area contributed by atoms with E-state index in [1.807, 2.05) is 26.0 Å².